The first-order valence-corrected chi connectivity index (χ1v) is 7.58. The van der Waals surface area contributed by atoms with Crippen LogP contribution in [-0.2, 0) is 23.4 Å². The van der Waals surface area contributed by atoms with Crippen molar-refractivity contribution in [3.8, 4) is 0 Å². The van der Waals surface area contributed by atoms with Crippen LogP contribution in [-0.4, -0.2) is 28.9 Å². The Morgan fingerprint density at radius 2 is 2.05 bits per heavy atom. The molecule has 0 aliphatic heterocycles. The molecular formula is C12H16N4O2S. The lowest BCUT2D eigenvalue weighted by Crippen LogP contribution is -2.09. The van der Waals surface area contributed by atoms with Crippen LogP contribution < -0.4 is 5.32 Å². The van der Waals surface area contributed by atoms with Crippen molar-refractivity contribution < 1.29 is 8.42 Å². The van der Waals surface area contributed by atoms with Crippen molar-refractivity contribution in [1.82, 2.24) is 14.8 Å². The number of nitrogens with one attached hydrogen (secondary N) is 1. The van der Waals surface area contributed by atoms with Crippen LogP contribution in [0.25, 0.3) is 0 Å². The molecule has 0 radical (unpaired) electrons. The molecule has 0 atom stereocenters. The van der Waals surface area contributed by atoms with E-state index in [1.54, 1.807) is 49.2 Å². The highest BCUT2D eigenvalue weighted by Gasteiger charge is 2.15. The van der Waals surface area contributed by atoms with Crippen molar-refractivity contribution in [2.75, 3.05) is 11.1 Å². The van der Waals surface area contributed by atoms with E-state index < -0.39 is 9.84 Å². The zero-order chi connectivity index (χ0) is 13.9. The van der Waals surface area contributed by atoms with Gasteiger partial charge in [-0.05, 0) is 12.1 Å². The van der Waals surface area contributed by atoms with Gasteiger partial charge in [-0.1, -0.05) is 19.1 Å². The van der Waals surface area contributed by atoms with Gasteiger partial charge in [0, 0.05) is 7.05 Å². The van der Waals surface area contributed by atoms with Gasteiger partial charge in [0.15, 0.2) is 15.7 Å². The SMILES string of the molecule is CCS(=O)(=O)c1ccccc1NCc1ncn(C)n1. The maximum Gasteiger partial charge on any atom is 0.180 e. The number of benzene rings is 1. The predicted molar refractivity (Wildman–Crippen MR) is 72.5 cm³/mol. The maximum absolute atomic E-state index is 12.0. The summed E-state index contributed by atoms with van der Waals surface area (Å²) in [4.78, 5) is 4.40. The molecule has 6 nitrogen and oxygen atoms in total. The molecule has 19 heavy (non-hydrogen) atoms. The van der Waals surface area contributed by atoms with Gasteiger partial charge in [-0.25, -0.2) is 13.4 Å². The van der Waals surface area contributed by atoms with E-state index in [1.165, 1.54) is 0 Å². The molecule has 1 aromatic carbocycles. The topological polar surface area (TPSA) is 76.9 Å². The van der Waals surface area contributed by atoms with Gasteiger partial charge in [0.25, 0.3) is 0 Å². The molecule has 0 unspecified atom stereocenters. The lowest BCUT2D eigenvalue weighted by Gasteiger charge is -2.10. The molecule has 1 heterocycles. The Morgan fingerprint density at radius 3 is 2.68 bits per heavy atom. The fourth-order valence-electron chi connectivity index (χ4n) is 1.68. The van der Waals surface area contributed by atoms with E-state index in [0.717, 1.165) is 0 Å². The zero-order valence-electron chi connectivity index (χ0n) is 10.9. The summed E-state index contributed by atoms with van der Waals surface area (Å²) >= 11 is 0. The number of anilines is 1. The van der Waals surface area contributed by atoms with Crippen molar-refractivity contribution in [2.45, 2.75) is 18.4 Å². The van der Waals surface area contributed by atoms with E-state index in [1.807, 2.05) is 0 Å². The van der Waals surface area contributed by atoms with E-state index in [9.17, 15) is 8.42 Å². The Labute approximate surface area is 112 Å². The molecule has 0 bridgehead atoms. The Kier molecular flexibility index (Phi) is 3.84. The number of para-hydroxylation sites is 1. The first kappa shape index (κ1) is 13.5. The molecule has 2 aromatic rings. The standard InChI is InChI=1S/C12H16N4O2S/c1-3-19(17,18)11-7-5-4-6-10(11)13-8-12-14-9-16(2)15-12/h4-7,9,13H,3,8H2,1-2H3. The van der Waals surface area contributed by atoms with Crippen molar-refractivity contribution in [3.05, 3.63) is 36.4 Å². The van der Waals surface area contributed by atoms with Crippen LogP contribution in [0.2, 0.25) is 0 Å². The van der Waals surface area contributed by atoms with Gasteiger partial charge in [-0.3, -0.25) is 4.68 Å². The third-order valence-electron chi connectivity index (χ3n) is 2.69. The number of aromatic nitrogens is 3. The highest BCUT2D eigenvalue weighted by molar-refractivity contribution is 7.91. The summed E-state index contributed by atoms with van der Waals surface area (Å²) in [6.45, 7) is 2.02. The number of rotatable bonds is 5. The molecule has 1 N–H and O–H groups in total. The van der Waals surface area contributed by atoms with Crippen molar-refractivity contribution >= 4 is 15.5 Å². The summed E-state index contributed by atoms with van der Waals surface area (Å²) in [6, 6.07) is 6.86. The fraction of sp³-hybridized carbons (Fsp3) is 0.333. The summed E-state index contributed by atoms with van der Waals surface area (Å²) < 4.78 is 25.5. The van der Waals surface area contributed by atoms with Crippen LogP contribution >= 0.6 is 0 Å². The minimum absolute atomic E-state index is 0.0769. The average molecular weight is 280 g/mol. The van der Waals surface area contributed by atoms with E-state index >= 15 is 0 Å². The number of hydrogen-bond acceptors (Lipinski definition) is 5. The van der Waals surface area contributed by atoms with Crippen LogP contribution in [0.4, 0.5) is 5.69 Å². The van der Waals surface area contributed by atoms with Crippen LogP contribution in [0.3, 0.4) is 0 Å². The zero-order valence-corrected chi connectivity index (χ0v) is 11.7. The lowest BCUT2D eigenvalue weighted by molar-refractivity contribution is 0.597. The van der Waals surface area contributed by atoms with Crippen molar-refractivity contribution in [2.24, 2.45) is 7.05 Å². The van der Waals surface area contributed by atoms with Crippen LogP contribution in [0.5, 0.6) is 0 Å². The van der Waals surface area contributed by atoms with E-state index in [2.05, 4.69) is 15.4 Å². The molecule has 0 fully saturated rings. The van der Waals surface area contributed by atoms with Gasteiger partial charge in [0.2, 0.25) is 0 Å². The van der Waals surface area contributed by atoms with Crippen molar-refractivity contribution in [1.29, 1.82) is 0 Å². The van der Waals surface area contributed by atoms with Gasteiger partial charge in [-0.15, -0.1) is 0 Å². The molecule has 0 spiro atoms. The summed E-state index contributed by atoms with van der Waals surface area (Å²) in [7, 11) is -1.45. The van der Waals surface area contributed by atoms with Crippen LogP contribution in [0, 0.1) is 0 Å². The Balaban J connectivity index is 2.21. The first-order chi connectivity index (χ1) is 9.03. The molecule has 0 aliphatic carbocycles. The second-order valence-corrected chi connectivity index (χ2v) is 6.33. The van der Waals surface area contributed by atoms with E-state index in [-0.39, 0.29) is 5.75 Å². The third-order valence-corrected chi connectivity index (χ3v) is 4.47. The molecule has 1 aromatic heterocycles. The second-order valence-electron chi connectivity index (χ2n) is 4.09. The normalized spacial score (nSPS) is 11.5. The molecule has 102 valence electrons. The number of sulfone groups is 1. The highest BCUT2D eigenvalue weighted by atomic mass is 32.2. The Bertz CT molecular complexity index is 664. The fourth-order valence-corrected chi connectivity index (χ4v) is 2.75. The largest absolute Gasteiger partial charge is 0.377 e. The molecule has 7 heteroatoms. The molecule has 2 rings (SSSR count). The number of nitrogens with zero attached hydrogens (tertiary/aromatic N) is 3. The van der Waals surface area contributed by atoms with Gasteiger partial charge < -0.3 is 5.32 Å². The Morgan fingerprint density at radius 1 is 1.32 bits per heavy atom. The molecule has 0 saturated heterocycles. The molecular weight excluding hydrogens is 264 g/mol. The summed E-state index contributed by atoms with van der Waals surface area (Å²) in [5.41, 5.74) is 0.580. The lowest BCUT2D eigenvalue weighted by atomic mass is 10.3. The Hall–Kier alpha value is -1.89. The average Bonchev–Trinajstić information content (AvgIpc) is 2.82. The van der Waals surface area contributed by atoms with Crippen LogP contribution in [0.15, 0.2) is 35.5 Å². The monoisotopic (exact) mass is 280 g/mol. The minimum Gasteiger partial charge on any atom is -0.377 e. The predicted octanol–water partition coefficient (Wildman–Crippen LogP) is 1.22. The molecule has 0 amide bonds. The minimum atomic E-state index is -3.24. The smallest absolute Gasteiger partial charge is 0.180 e. The highest BCUT2D eigenvalue weighted by Crippen LogP contribution is 2.22. The van der Waals surface area contributed by atoms with E-state index in [0.29, 0.717) is 23.0 Å². The van der Waals surface area contributed by atoms with Gasteiger partial charge in [0.05, 0.1) is 22.9 Å². The molecule has 0 aliphatic rings. The number of hydrogen-bond donors (Lipinski definition) is 1. The maximum atomic E-state index is 12.0. The first-order valence-electron chi connectivity index (χ1n) is 5.93. The summed E-state index contributed by atoms with van der Waals surface area (Å²) in [5, 5.41) is 7.20. The third kappa shape index (κ3) is 3.11. The van der Waals surface area contributed by atoms with Gasteiger partial charge in [0.1, 0.15) is 6.33 Å². The molecule has 0 saturated carbocycles. The van der Waals surface area contributed by atoms with Crippen molar-refractivity contribution in [3.63, 3.8) is 0 Å². The van der Waals surface area contributed by atoms with Crippen LogP contribution in [0.1, 0.15) is 12.7 Å². The quantitative estimate of drug-likeness (QED) is 0.891. The summed E-state index contributed by atoms with van der Waals surface area (Å²) in [5.74, 6) is 0.694. The van der Waals surface area contributed by atoms with Gasteiger partial charge in [-0.2, -0.15) is 5.10 Å². The van der Waals surface area contributed by atoms with E-state index in [4.69, 9.17) is 0 Å². The van der Waals surface area contributed by atoms with Gasteiger partial charge >= 0.3 is 0 Å². The summed E-state index contributed by atoms with van der Waals surface area (Å²) in [6.07, 6.45) is 1.60. The number of aryl methyl sites for hydroxylation is 1. The second kappa shape index (κ2) is 5.40.